The van der Waals surface area contributed by atoms with Crippen molar-refractivity contribution in [3.05, 3.63) is 71.8 Å². The summed E-state index contributed by atoms with van der Waals surface area (Å²) in [4.78, 5) is 2.40. The van der Waals surface area contributed by atoms with Crippen molar-refractivity contribution in [1.82, 2.24) is 10.2 Å². The second kappa shape index (κ2) is 10.3. The summed E-state index contributed by atoms with van der Waals surface area (Å²) in [6.45, 7) is 8.91. The lowest BCUT2D eigenvalue weighted by Gasteiger charge is -2.22. The Kier molecular flexibility index (Phi) is 8.00. The quantitative estimate of drug-likeness (QED) is 0.646. The van der Waals surface area contributed by atoms with Crippen LogP contribution in [0.3, 0.4) is 0 Å². The Labute approximate surface area is 147 Å². The van der Waals surface area contributed by atoms with Gasteiger partial charge in [-0.05, 0) is 49.5 Å². The molecule has 2 aromatic rings. The Morgan fingerprint density at radius 2 is 1.54 bits per heavy atom. The third kappa shape index (κ3) is 6.46. The van der Waals surface area contributed by atoms with Crippen LogP contribution in [0, 0.1) is 5.92 Å². The molecule has 24 heavy (non-hydrogen) atoms. The van der Waals surface area contributed by atoms with E-state index in [0.717, 1.165) is 26.2 Å². The standard InChI is InChI=1S/C22H32N2/c1-19(2)22(21-13-8-5-9-14-21)17-23-15-10-16-24(3)18-20-11-6-4-7-12-20/h4-9,11-14,19,22-23H,10,15-18H2,1-3H3. The first-order chi connectivity index (χ1) is 11.7. The molecule has 130 valence electrons. The maximum absolute atomic E-state index is 3.66. The van der Waals surface area contributed by atoms with Crippen molar-refractivity contribution < 1.29 is 0 Å². The number of hydrogen-bond acceptors (Lipinski definition) is 2. The molecule has 2 nitrogen and oxygen atoms in total. The first-order valence-corrected chi connectivity index (χ1v) is 9.15. The number of rotatable bonds is 10. The molecule has 0 amide bonds. The molecule has 0 aromatic heterocycles. The van der Waals surface area contributed by atoms with E-state index in [2.05, 4.69) is 91.8 Å². The van der Waals surface area contributed by atoms with Crippen LogP contribution in [0.5, 0.6) is 0 Å². The molecule has 1 atom stereocenters. The first kappa shape index (κ1) is 18.7. The molecule has 0 saturated heterocycles. The van der Waals surface area contributed by atoms with Crippen molar-refractivity contribution >= 4 is 0 Å². The highest BCUT2D eigenvalue weighted by molar-refractivity contribution is 5.20. The molecule has 0 fully saturated rings. The minimum Gasteiger partial charge on any atom is -0.316 e. The Morgan fingerprint density at radius 1 is 0.917 bits per heavy atom. The van der Waals surface area contributed by atoms with Crippen LogP contribution in [0.25, 0.3) is 0 Å². The molecular formula is C22H32N2. The summed E-state index contributed by atoms with van der Waals surface area (Å²) in [7, 11) is 2.20. The molecule has 0 aliphatic heterocycles. The van der Waals surface area contributed by atoms with Gasteiger partial charge in [0, 0.05) is 13.1 Å². The van der Waals surface area contributed by atoms with Crippen LogP contribution < -0.4 is 5.32 Å². The maximum atomic E-state index is 3.66. The van der Waals surface area contributed by atoms with Crippen LogP contribution >= 0.6 is 0 Å². The molecule has 2 aromatic carbocycles. The summed E-state index contributed by atoms with van der Waals surface area (Å²) in [5, 5.41) is 3.66. The van der Waals surface area contributed by atoms with Gasteiger partial charge in [-0.3, -0.25) is 0 Å². The second-order valence-electron chi connectivity index (χ2n) is 7.04. The van der Waals surface area contributed by atoms with Crippen molar-refractivity contribution in [2.45, 2.75) is 32.7 Å². The Morgan fingerprint density at radius 3 is 2.17 bits per heavy atom. The van der Waals surface area contributed by atoms with Gasteiger partial charge < -0.3 is 10.2 Å². The normalized spacial score (nSPS) is 12.7. The molecule has 2 rings (SSSR count). The van der Waals surface area contributed by atoms with Gasteiger partial charge in [-0.2, -0.15) is 0 Å². The zero-order chi connectivity index (χ0) is 17.2. The van der Waals surface area contributed by atoms with Crippen molar-refractivity contribution in [3.63, 3.8) is 0 Å². The lowest BCUT2D eigenvalue weighted by Crippen LogP contribution is -2.28. The molecule has 0 saturated carbocycles. The van der Waals surface area contributed by atoms with Gasteiger partial charge in [-0.15, -0.1) is 0 Å². The van der Waals surface area contributed by atoms with Crippen LogP contribution in [0.2, 0.25) is 0 Å². The highest BCUT2D eigenvalue weighted by Gasteiger charge is 2.14. The van der Waals surface area contributed by atoms with Gasteiger partial charge in [0.25, 0.3) is 0 Å². The fourth-order valence-corrected chi connectivity index (χ4v) is 3.14. The van der Waals surface area contributed by atoms with Gasteiger partial charge in [0.05, 0.1) is 0 Å². The topological polar surface area (TPSA) is 15.3 Å². The number of hydrogen-bond donors (Lipinski definition) is 1. The largest absolute Gasteiger partial charge is 0.316 e. The van der Waals surface area contributed by atoms with Gasteiger partial charge >= 0.3 is 0 Å². The van der Waals surface area contributed by atoms with Crippen LogP contribution in [0.15, 0.2) is 60.7 Å². The average molecular weight is 325 g/mol. The summed E-state index contributed by atoms with van der Waals surface area (Å²) in [6, 6.07) is 21.6. The van der Waals surface area contributed by atoms with E-state index < -0.39 is 0 Å². The number of nitrogens with zero attached hydrogens (tertiary/aromatic N) is 1. The van der Waals surface area contributed by atoms with Gasteiger partial charge in [0.2, 0.25) is 0 Å². The molecule has 0 spiro atoms. The Balaban J connectivity index is 1.66. The first-order valence-electron chi connectivity index (χ1n) is 9.15. The van der Waals surface area contributed by atoms with E-state index in [0.29, 0.717) is 11.8 Å². The zero-order valence-corrected chi connectivity index (χ0v) is 15.4. The van der Waals surface area contributed by atoms with Crippen LogP contribution in [0.1, 0.15) is 37.3 Å². The van der Waals surface area contributed by atoms with Gasteiger partial charge in [-0.25, -0.2) is 0 Å². The van der Waals surface area contributed by atoms with Crippen molar-refractivity contribution in [2.24, 2.45) is 5.92 Å². The molecule has 0 radical (unpaired) electrons. The van der Waals surface area contributed by atoms with Crippen molar-refractivity contribution in [2.75, 3.05) is 26.7 Å². The van der Waals surface area contributed by atoms with Crippen molar-refractivity contribution in [1.29, 1.82) is 0 Å². The molecule has 0 aliphatic rings. The molecule has 1 N–H and O–H groups in total. The lowest BCUT2D eigenvalue weighted by atomic mass is 9.88. The molecule has 0 heterocycles. The van der Waals surface area contributed by atoms with Gasteiger partial charge in [0.15, 0.2) is 0 Å². The second-order valence-corrected chi connectivity index (χ2v) is 7.04. The summed E-state index contributed by atoms with van der Waals surface area (Å²) in [5.41, 5.74) is 2.83. The highest BCUT2D eigenvalue weighted by atomic mass is 15.1. The molecule has 0 aliphatic carbocycles. The summed E-state index contributed by atoms with van der Waals surface area (Å²) in [5.74, 6) is 1.24. The molecule has 2 heteroatoms. The predicted molar refractivity (Wildman–Crippen MR) is 104 cm³/mol. The predicted octanol–water partition coefficient (Wildman–Crippen LogP) is 4.54. The van der Waals surface area contributed by atoms with Crippen molar-refractivity contribution in [3.8, 4) is 0 Å². The Hall–Kier alpha value is -1.64. The third-order valence-corrected chi connectivity index (χ3v) is 4.59. The zero-order valence-electron chi connectivity index (χ0n) is 15.4. The molecular weight excluding hydrogens is 292 g/mol. The monoisotopic (exact) mass is 324 g/mol. The summed E-state index contributed by atoms with van der Waals surface area (Å²) in [6.07, 6.45) is 1.18. The van der Waals surface area contributed by atoms with Crippen LogP contribution in [-0.2, 0) is 6.54 Å². The van der Waals surface area contributed by atoms with Gasteiger partial charge in [0.1, 0.15) is 0 Å². The number of nitrogens with one attached hydrogen (secondary N) is 1. The third-order valence-electron chi connectivity index (χ3n) is 4.59. The van der Waals surface area contributed by atoms with E-state index in [1.54, 1.807) is 0 Å². The van der Waals surface area contributed by atoms with E-state index in [4.69, 9.17) is 0 Å². The smallest absolute Gasteiger partial charge is 0.0230 e. The van der Waals surface area contributed by atoms with E-state index in [9.17, 15) is 0 Å². The van der Waals surface area contributed by atoms with E-state index in [1.165, 1.54) is 17.5 Å². The van der Waals surface area contributed by atoms with E-state index >= 15 is 0 Å². The fraction of sp³-hybridized carbons (Fsp3) is 0.455. The van der Waals surface area contributed by atoms with Gasteiger partial charge in [-0.1, -0.05) is 74.5 Å². The Bertz CT molecular complexity index is 551. The molecule has 0 bridgehead atoms. The fourth-order valence-electron chi connectivity index (χ4n) is 3.14. The SMILES string of the molecule is CC(C)C(CNCCCN(C)Cc1ccccc1)c1ccccc1. The van der Waals surface area contributed by atoms with E-state index in [-0.39, 0.29) is 0 Å². The summed E-state index contributed by atoms with van der Waals surface area (Å²) >= 11 is 0. The number of benzene rings is 2. The highest BCUT2D eigenvalue weighted by Crippen LogP contribution is 2.23. The summed E-state index contributed by atoms with van der Waals surface area (Å²) < 4.78 is 0. The van der Waals surface area contributed by atoms with Crippen LogP contribution in [0.4, 0.5) is 0 Å². The minimum absolute atomic E-state index is 0.591. The average Bonchev–Trinajstić information content (AvgIpc) is 2.59. The molecule has 1 unspecified atom stereocenters. The maximum Gasteiger partial charge on any atom is 0.0230 e. The van der Waals surface area contributed by atoms with Crippen LogP contribution in [-0.4, -0.2) is 31.6 Å². The lowest BCUT2D eigenvalue weighted by molar-refractivity contribution is 0.318. The minimum atomic E-state index is 0.591. The van der Waals surface area contributed by atoms with E-state index in [1.807, 2.05) is 0 Å².